The topological polar surface area (TPSA) is 33.3 Å². The molecular weight excluding hydrogens is 224 g/mol. The second-order valence-electron chi connectivity index (χ2n) is 5.12. The molecule has 3 heteroatoms. The van der Waals surface area contributed by atoms with Crippen molar-refractivity contribution in [2.45, 2.75) is 31.7 Å². The fourth-order valence-electron chi connectivity index (χ4n) is 2.63. The van der Waals surface area contributed by atoms with Crippen LogP contribution in [0.3, 0.4) is 0 Å². The first-order valence-corrected chi connectivity index (χ1v) is 6.87. The van der Waals surface area contributed by atoms with Crippen molar-refractivity contribution >= 4 is 5.69 Å². The van der Waals surface area contributed by atoms with Crippen LogP contribution in [-0.2, 0) is 0 Å². The maximum Gasteiger partial charge on any atom is 0.119 e. The van der Waals surface area contributed by atoms with Gasteiger partial charge in [-0.05, 0) is 62.9 Å². The maximum absolute atomic E-state index is 5.15. The highest BCUT2D eigenvalue weighted by molar-refractivity contribution is 5.46. The molecule has 1 aromatic carbocycles. The maximum atomic E-state index is 5.15. The van der Waals surface area contributed by atoms with Crippen LogP contribution in [0.2, 0.25) is 0 Å². The number of benzene rings is 1. The van der Waals surface area contributed by atoms with Crippen LogP contribution in [0.25, 0.3) is 0 Å². The summed E-state index contributed by atoms with van der Waals surface area (Å²) >= 11 is 0. The van der Waals surface area contributed by atoms with Gasteiger partial charge in [0.2, 0.25) is 0 Å². The van der Waals surface area contributed by atoms with Crippen molar-refractivity contribution in [2.75, 3.05) is 26.0 Å². The van der Waals surface area contributed by atoms with Crippen LogP contribution in [0, 0.1) is 5.92 Å². The molecule has 0 saturated heterocycles. The van der Waals surface area contributed by atoms with Gasteiger partial charge in [-0.15, -0.1) is 0 Å². The summed E-state index contributed by atoms with van der Waals surface area (Å²) in [6.07, 6.45) is 5.28. The zero-order valence-electron chi connectivity index (χ0n) is 11.4. The van der Waals surface area contributed by atoms with Crippen LogP contribution >= 0.6 is 0 Å². The summed E-state index contributed by atoms with van der Waals surface area (Å²) in [5.74, 6) is 1.73. The molecule has 1 aliphatic rings. The molecule has 1 aromatic rings. The minimum atomic E-state index is 0.738. The van der Waals surface area contributed by atoms with Crippen molar-refractivity contribution in [3.63, 3.8) is 0 Å². The summed E-state index contributed by atoms with van der Waals surface area (Å²) in [6, 6.07) is 8.90. The molecule has 2 rings (SSSR count). The SMILES string of the molecule is CNC1CCC(CNc2ccc(OC)cc2)CC1. The van der Waals surface area contributed by atoms with Gasteiger partial charge in [0.15, 0.2) is 0 Å². The van der Waals surface area contributed by atoms with Crippen LogP contribution in [0.15, 0.2) is 24.3 Å². The predicted molar refractivity (Wildman–Crippen MR) is 76.3 cm³/mol. The van der Waals surface area contributed by atoms with E-state index in [0.29, 0.717) is 0 Å². The molecule has 0 unspecified atom stereocenters. The Morgan fingerprint density at radius 1 is 1.11 bits per heavy atom. The molecule has 1 fully saturated rings. The Hall–Kier alpha value is -1.22. The normalized spacial score (nSPS) is 23.7. The molecule has 18 heavy (non-hydrogen) atoms. The second-order valence-corrected chi connectivity index (χ2v) is 5.12. The van der Waals surface area contributed by atoms with Gasteiger partial charge in [-0.1, -0.05) is 0 Å². The van der Waals surface area contributed by atoms with E-state index in [2.05, 4.69) is 29.8 Å². The van der Waals surface area contributed by atoms with Crippen LogP contribution in [0.4, 0.5) is 5.69 Å². The molecule has 0 spiro atoms. The van der Waals surface area contributed by atoms with Crippen molar-refractivity contribution in [3.8, 4) is 5.75 Å². The summed E-state index contributed by atoms with van der Waals surface area (Å²) < 4.78 is 5.15. The third-order valence-corrected chi connectivity index (χ3v) is 3.94. The molecule has 0 aliphatic heterocycles. The lowest BCUT2D eigenvalue weighted by atomic mass is 9.86. The summed E-state index contributed by atoms with van der Waals surface area (Å²) in [7, 11) is 3.77. The van der Waals surface area contributed by atoms with E-state index in [9.17, 15) is 0 Å². The third-order valence-electron chi connectivity index (χ3n) is 3.94. The summed E-state index contributed by atoms with van der Waals surface area (Å²) in [6.45, 7) is 1.09. The quantitative estimate of drug-likeness (QED) is 0.840. The van der Waals surface area contributed by atoms with E-state index in [0.717, 1.165) is 24.3 Å². The van der Waals surface area contributed by atoms with E-state index in [4.69, 9.17) is 4.74 Å². The Labute approximate surface area is 110 Å². The number of hydrogen-bond acceptors (Lipinski definition) is 3. The van der Waals surface area contributed by atoms with Gasteiger partial charge in [-0.3, -0.25) is 0 Å². The first-order chi connectivity index (χ1) is 8.81. The average molecular weight is 248 g/mol. The monoisotopic (exact) mass is 248 g/mol. The van der Waals surface area contributed by atoms with Crippen molar-refractivity contribution in [2.24, 2.45) is 5.92 Å². The number of ether oxygens (including phenoxy) is 1. The fourth-order valence-corrected chi connectivity index (χ4v) is 2.63. The van der Waals surface area contributed by atoms with Crippen molar-refractivity contribution in [1.82, 2.24) is 5.32 Å². The first kappa shape index (κ1) is 13.2. The highest BCUT2D eigenvalue weighted by Gasteiger charge is 2.19. The van der Waals surface area contributed by atoms with E-state index in [1.54, 1.807) is 7.11 Å². The van der Waals surface area contributed by atoms with Crippen LogP contribution in [-0.4, -0.2) is 26.7 Å². The minimum absolute atomic E-state index is 0.738. The van der Waals surface area contributed by atoms with Crippen LogP contribution < -0.4 is 15.4 Å². The van der Waals surface area contributed by atoms with Crippen molar-refractivity contribution in [3.05, 3.63) is 24.3 Å². The summed E-state index contributed by atoms with van der Waals surface area (Å²) in [5.41, 5.74) is 1.19. The van der Waals surface area contributed by atoms with E-state index in [-0.39, 0.29) is 0 Å². The van der Waals surface area contributed by atoms with Gasteiger partial charge in [0.25, 0.3) is 0 Å². The van der Waals surface area contributed by atoms with E-state index in [1.807, 2.05) is 12.1 Å². The van der Waals surface area contributed by atoms with E-state index in [1.165, 1.54) is 31.4 Å². The molecule has 1 saturated carbocycles. The fraction of sp³-hybridized carbons (Fsp3) is 0.600. The molecule has 0 atom stereocenters. The average Bonchev–Trinajstić information content (AvgIpc) is 2.46. The molecule has 0 amide bonds. The molecule has 1 aliphatic carbocycles. The van der Waals surface area contributed by atoms with Gasteiger partial charge >= 0.3 is 0 Å². The highest BCUT2D eigenvalue weighted by Crippen LogP contribution is 2.24. The predicted octanol–water partition coefficient (Wildman–Crippen LogP) is 2.89. The Morgan fingerprint density at radius 3 is 2.33 bits per heavy atom. The molecule has 0 heterocycles. The van der Waals surface area contributed by atoms with Gasteiger partial charge in [0.05, 0.1) is 7.11 Å². The minimum Gasteiger partial charge on any atom is -0.497 e. The molecule has 0 radical (unpaired) electrons. The molecule has 3 nitrogen and oxygen atoms in total. The smallest absolute Gasteiger partial charge is 0.119 e. The zero-order valence-corrected chi connectivity index (χ0v) is 11.4. The van der Waals surface area contributed by atoms with Crippen molar-refractivity contribution < 1.29 is 4.74 Å². The first-order valence-electron chi connectivity index (χ1n) is 6.87. The Balaban J connectivity index is 1.74. The lowest BCUT2D eigenvalue weighted by molar-refractivity contribution is 0.312. The Morgan fingerprint density at radius 2 is 1.78 bits per heavy atom. The lowest BCUT2D eigenvalue weighted by Gasteiger charge is -2.28. The van der Waals surface area contributed by atoms with Gasteiger partial charge < -0.3 is 15.4 Å². The van der Waals surface area contributed by atoms with Gasteiger partial charge in [-0.2, -0.15) is 0 Å². The summed E-state index contributed by atoms with van der Waals surface area (Å²) in [5, 5.41) is 6.90. The summed E-state index contributed by atoms with van der Waals surface area (Å²) in [4.78, 5) is 0. The number of nitrogens with one attached hydrogen (secondary N) is 2. The molecule has 0 aromatic heterocycles. The second kappa shape index (κ2) is 6.64. The van der Waals surface area contributed by atoms with Gasteiger partial charge in [0.1, 0.15) is 5.75 Å². The Kier molecular flexibility index (Phi) is 4.88. The largest absolute Gasteiger partial charge is 0.497 e. The standard InChI is InChI=1S/C15H24N2O/c1-16-13-5-3-12(4-6-13)11-17-14-7-9-15(18-2)10-8-14/h7-10,12-13,16-17H,3-6,11H2,1-2H3. The number of methoxy groups -OCH3 is 1. The lowest BCUT2D eigenvalue weighted by Crippen LogP contribution is -2.32. The van der Waals surface area contributed by atoms with Crippen molar-refractivity contribution in [1.29, 1.82) is 0 Å². The van der Waals surface area contributed by atoms with E-state index < -0.39 is 0 Å². The number of anilines is 1. The zero-order chi connectivity index (χ0) is 12.8. The van der Waals surface area contributed by atoms with Crippen LogP contribution in [0.1, 0.15) is 25.7 Å². The third kappa shape index (κ3) is 3.64. The van der Waals surface area contributed by atoms with E-state index >= 15 is 0 Å². The van der Waals surface area contributed by atoms with Gasteiger partial charge in [0, 0.05) is 18.3 Å². The Bertz CT molecular complexity index is 342. The van der Waals surface area contributed by atoms with Gasteiger partial charge in [-0.25, -0.2) is 0 Å². The number of hydrogen-bond donors (Lipinski definition) is 2. The number of rotatable bonds is 5. The van der Waals surface area contributed by atoms with Crippen LogP contribution in [0.5, 0.6) is 5.75 Å². The molecular formula is C15H24N2O. The highest BCUT2D eigenvalue weighted by atomic mass is 16.5. The molecule has 0 bridgehead atoms. The molecule has 100 valence electrons. The molecule has 2 N–H and O–H groups in total.